The first-order valence-electron chi connectivity index (χ1n) is 16.9. The van der Waals surface area contributed by atoms with Gasteiger partial charge in [-0.2, -0.15) is 0 Å². The largest absolute Gasteiger partial charge is 0.446 e. The molecule has 4 aliphatic carbocycles. The molecule has 0 heterocycles. The van der Waals surface area contributed by atoms with Crippen LogP contribution in [0.3, 0.4) is 0 Å². The van der Waals surface area contributed by atoms with Crippen LogP contribution in [-0.2, 0) is 23.9 Å². The van der Waals surface area contributed by atoms with E-state index in [0.717, 1.165) is 44.9 Å². The van der Waals surface area contributed by atoms with Gasteiger partial charge in [0.1, 0.15) is 6.10 Å². The monoisotopic (exact) mass is 598 g/mol. The van der Waals surface area contributed by atoms with Crippen molar-refractivity contribution in [3.63, 3.8) is 0 Å². The van der Waals surface area contributed by atoms with Gasteiger partial charge in [0, 0.05) is 12.3 Å². The van der Waals surface area contributed by atoms with E-state index < -0.39 is 41.6 Å². The first-order valence-corrected chi connectivity index (χ1v) is 16.9. The quantitative estimate of drug-likeness (QED) is 0.188. The number of hydrogen-bond donors (Lipinski definition) is 2. The number of Topliss-reactive ketones (excluding diaryl/α,β-unsaturated/α-hetero) is 3. The minimum Gasteiger partial charge on any atom is -0.446 e. The molecule has 4 aliphatic rings. The van der Waals surface area contributed by atoms with Crippen LogP contribution < -0.4 is 10.6 Å². The van der Waals surface area contributed by atoms with Gasteiger partial charge >= 0.3 is 6.09 Å². The summed E-state index contributed by atoms with van der Waals surface area (Å²) >= 11 is 0. The van der Waals surface area contributed by atoms with Gasteiger partial charge in [-0.05, 0) is 80.0 Å². The lowest BCUT2D eigenvalue weighted by molar-refractivity contribution is -0.141. The van der Waals surface area contributed by atoms with Gasteiger partial charge in [0.25, 0.3) is 0 Å². The summed E-state index contributed by atoms with van der Waals surface area (Å²) in [5, 5.41) is 5.91. The Morgan fingerprint density at radius 2 is 1.70 bits per heavy atom. The number of ether oxygens (including phenoxy) is 1. The second kappa shape index (κ2) is 14.1. The molecule has 2 amide bonds. The van der Waals surface area contributed by atoms with Crippen molar-refractivity contribution in [2.75, 3.05) is 0 Å². The van der Waals surface area contributed by atoms with Crippen LogP contribution >= 0.6 is 0 Å². The van der Waals surface area contributed by atoms with Crippen molar-refractivity contribution in [2.45, 2.75) is 130 Å². The van der Waals surface area contributed by atoms with Crippen molar-refractivity contribution < 1.29 is 28.7 Å². The molecule has 0 aromatic rings. The van der Waals surface area contributed by atoms with Gasteiger partial charge in [-0.15, -0.1) is 6.58 Å². The highest BCUT2D eigenvalue weighted by molar-refractivity contribution is 6.39. The average molecular weight is 599 g/mol. The van der Waals surface area contributed by atoms with E-state index in [9.17, 15) is 24.0 Å². The summed E-state index contributed by atoms with van der Waals surface area (Å²) in [6.07, 6.45) is 9.67. The van der Waals surface area contributed by atoms with Gasteiger partial charge < -0.3 is 15.4 Å². The Kier molecular flexibility index (Phi) is 10.9. The maximum Gasteiger partial charge on any atom is 0.408 e. The molecule has 0 spiro atoms. The summed E-state index contributed by atoms with van der Waals surface area (Å²) in [4.78, 5) is 67.2. The summed E-state index contributed by atoms with van der Waals surface area (Å²) in [7, 11) is 0. The summed E-state index contributed by atoms with van der Waals surface area (Å²) in [6, 6.07) is -1.60. The second-order valence-electron chi connectivity index (χ2n) is 14.7. The number of nitrogens with one attached hydrogen (secondary N) is 2. The highest BCUT2D eigenvalue weighted by atomic mass is 16.6. The lowest BCUT2D eigenvalue weighted by atomic mass is 9.74. The minimum absolute atomic E-state index is 0.0132. The number of allylic oxidation sites excluding steroid dienone is 1. The molecular formula is C35H54N2O6. The van der Waals surface area contributed by atoms with Crippen LogP contribution in [0.15, 0.2) is 12.7 Å². The van der Waals surface area contributed by atoms with Crippen LogP contribution in [0.25, 0.3) is 0 Å². The van der Waals surface area contributed by atoms with Crippen LogP contribution in [0, 0.1) is 46.8 Å². The Morgan fingerprint density at radius 3 is 2.30 bits per heavy atom. The van der Waals surface area contributed by atoms with E-state index in [1.165, 1.54) is 0 Å². The molecule has 0 radical (unpaired) electrons. The van der Waals surface area contributed by atoms with E-state index in [1.807, 2.05) is 6.92 Å². The molecule has 9 unspecified atom stereocenters. The van der Waals surface area contributed by atoms with E-state index in [0.29, 0.717) is 31.6 Å². The molecule has 4 rings (SSSR count). The topological polar surface area (TPSA) is 119 Å². The van der Waals surface area contributed by atoms with Crippen LogP contribution in [0.1, 0.15) is 112 Å². The fourth-order valence-corrected chi connectivity index (χ4v) is 8.73. The first kappa shape index (κ1) is 33.4. The van der Waals surface area contributed by atoms with Crippen LogP contribution in [-0.4, -0.2) is 47.5 Å². The standard InChI is InChI=1S/C35H54N2O6/c1-7-9-16-26(38)32(40)25(13-8-2)36-33(41)28-23(19-24-29(28)35(24,5)6)31(39)30(22-14-11-10-12-15-22)37-34(42)43-27-18-20(3)17-21(27)4/h7,20-25,27-30H,1,8-19H2,2-6H3,(H,36,41)(H,37,42). The first-order chi connectivity index (χ1) is 20.4. The number of fused-ring (bicyclic) bond motifs is 1. The zero-order valence-corrected chi connectivity index (χ0v) is 27.0. The van der Waals surface area contributed by atoms with E-state index in [1.54, 1.807) is 6.08 Å². The van der Waals surface area contributed by atoms with Gasteiger partial charge in [0.15, 0.2) is 5.78 Å². The van der Waals surface area contributed by atoms with Crippen molar-refractivity contribution in [3.8, 4) is 0 Å². The molecular weight excluding hydrogens is 544 g/mol. The number of alkyl carbamates (subject to hydrolysis) is 1. The SMILES string of the molecule is C=CCCC(=O)C(=O)C(CCC)NC(=O)C1C(C(=O)C(NC(=O)OC2CC(C)CC2C)C2CCCCC2)CC2C1C2(C)C. The maximum absolute atomic E-state index is 14.4. The molecule has 4 fully saturated rings. The van der Waals surface area contributed by atoms with Crippen LogP contribution in [0.2, 0.25) is 0 Å². The summed E-state index contributed by atoms with van der Waals surface area (Å²) in [6.45, 7) is 14.1. The van der Waals surface area contributed by atoms with Gasteiger partial charge in [0.2, 0.25) is 17.5 Å². The number of rotatable bonds is 14. The Hall–Kier alpha value is -2.51. The summed E-state index contributed by atoms with van der Waals surface area (Å²) < 4.78 is 5.86. The Labute approximate surface area is 257 Å². The van der Waals surface area contributed by atoms with Gasteiger partial charge in [-0.1, -0.05) is 66.4 Å². The van der Waals surface area contributed by atoms with E-state index >= 15 is 0 Å². The number of carbonyl (C=O) groups is 5. The Balaban J connectivity index is 1.52. The van der Waals surface area contributed by atoms with Gasteiger partial charge in [-0.25, -0.2) is 4.79 Å². The van der Waals surface area contributed by atoms with Crippen LogP contribution in [0.5, 0.6) is 0 Å². The average Bonchev–Trinajstić information content (AvgIpc) is 3.26. The molecule has 0 aliphatic heterocycles. The second-order valence-corrected chi connectivity index (χ2v) is 14.7. The molecule has 8 nitrogen and oxygen atoms in total. The predicted octanol–water partition coefficient (Wildman–Crippen LogP) is 5.96. The van der Waals surface area contributed by atoms with Crippen LogP contribution in [0.4, 0.5) is 4.79 Å². The molecule has 8 heteroatoms. The lowest BCUT2D eigenvalue weighted by Gasteiger charge is -2.34. The van der Waals surface area contributed by atoms with Crippen molar-refractivity contribution in [1.82, 2.24) is 10.6 Å². The van der Waals surface area contributed by atoms with E-state index in [2.05, 4.69) is 44.9 Å². The zero-order valence-electron chi connectivity index (χ0n) is 27.0. The minimum atomic E-state index is -0.899. The normalized spacial score (nSPS) is 32.6. The lowest BCUT2D eigenvalue weighted by Crippen LogP contribution is -2.53. The van der Waals surface area contributed by atoms with E-state index in [-0.39, 0.29) is 53.3 Å². The number of hydrogen-bond acceptors (Lipinski definition) is 6. The Bertz CT molecular complexity index is 1080. The highest BCUT2D eigenvalue weighted by Gasteiger charge is 2.70. The maximum atomic E-state index is 14.4. The van der Waals surface area contributed by atoms with Crippen molar-refractivity contribution >= 4 is 29.4 Å². The van der Waals surface area contributed by atoms with Gasteiger partial charge in [-0.3, -0.25) is 19.2 Å². The summed E-state index contributed by atoms with van der Waals surface area (Å²) in [5.74, 6) is -1.59. The number of carbonyl (C=O) groups excluding carboxylic acids is 5. The van der Waals surface area contributed by atoms with E-state index in [4.69, 9.17) is 4.74 Å². The fraction of sp³-hybridized carbons (Fsp3) is 0.800. The Morgan fingerprint density at radius 1 is 1.00 bits per heavy atom. The number of amides is 2. The molecule has 2 N–H and O–H groups in total. The molecule has 0 aromatic heterocycles. The molecule has 43 heavy (non-hydrogen) atoms. The van der Waals surface area contributed by atoms with Crippen molar-refractivity contribution in [3.05, 3.63) is 12.7 Å². The summed E-state index contributed by atoms with van der Waals surface area (Å²) in [5.41, 5.74) is -0.0785. The molecule has 240 valence electrons. The third kappa shape index (κ3) is 7.42. The smallest absolute Gasteiger partial charge is 0.408 e. The molecule has 0 bridgehead atoms. The molecule has 4 saturated carbocycles. The molecule has 0 saturated heterocycles. The van der Waals surface area contributed by atoms with Crippen molar-refractivity contribution in [1.29, 1.82) is 0 Å². The third-order valence-corrected chi connectivity index (χ3v) is 11.2. The molecule has 9 atom stereocenters. The highest BCUT2D eigenvalue weighted by Crippen LogP contribution is 2.71. The third-order valence-electron chi connectivity index (χ3n) is 11.2. The van der Waals surface area contributed by atoms with Crippen molar-refractivity contribution in [2.24, 2.45) is 46.8 Å². The fourth-order valence-electron chi connectivity index (χ4n) is 8.73. The van der Waals surface area contributed by atoms with Gasteiger partial charge in [0.05, 0.1) is 18.0 Å². The zero-order chi connectivity index (χ0) is 31.5. The number of ketones is 3. The molecule has 0 aromatic carbocycles. The predicted molar refractivity (Wildman–Crippen MR) is 165 cm³/mol.